The number of aryl methyl sites for hydroxylation is 3. The zero-order valence-corrected chi connectivity index (χ0v) is 20.1. The molecule has 1 amide bonds. The van der Waals surface area contributed by atoms with Crippen LogP contribution in [0.1, 0.15) is 84.6 Å². The molecule has 1 aromatic carbocycles. The summed E-state index contributed by atoms with van der Waals surface area (Å²) in [5.41, 5.74) is 6.84. The van der Waals surface area contributed by atoms with Crippen molar-refractivity contribution in [1.29, 1.82) is 5.26 Å². The third kappa shape index (κ3) is 4.14. The first kappa shape index (κ1) is 22.4. The summed E-state index contributed by atoms with van der Waals surface area (Å²) in [6.45, 7) is 4.04. The van der Waals surface area contributed by atoms with Crippen LogP contribution in [0.5, 0.6) is 0 Å². The number of hydrogen-bond donors (Lipinski definition) is 1. The average Bonchev–Trinajstić information content (AvgIpc) is 3.16. The number of carbonyl (C=O) groups is 1. The van der Waals surface area contributed by atoms with Gasteiger partial charge in [-0.1, -0.05) is 43.5 Å². The topological polar surface area (TPSA) is 70.7 Å². The van der Waals surface area contributed by atoms with Crippen LogP contribution in [0.15, 0.2) is 36.4 Å². The maximum atomic E-state index is 12.8. The Balaban J connectivity index is 1.63. The minimum Gasteiger partial charge on any atom is -0.350 e. The highest BCUT2D eigenvalue weighted by molar-refractivity contribution is 5.96. The Labute approximate surface area is 201 Å². The highest BCUT2D eigenvalue weighted by Gasteiger charge is 2.28. The molecule has 1 atom stereocenters. The van der Waals surface area contributed by atoms with E-state index < -0.39 is 0 Å². The van der Waals surface area contributed by atoms with Gasteiger partial charge in [0.05, 0.1) is 17.3 Å². The molecule has 0 saturated heterocycles. The van der Waals surface area contributed by atoms with Crippen LogP contribution in [0.4, 0.5) is 0 Å². The van der Waals surface area contributed by atoms with Gasteiger partial charge in [-0.2, -0.15) is 5.26 Å². The van der Waals surface area contributed by atoms with Crippen LogP contribution < -0.4 is 5.32 Å². The fourth-order valence-corrected chi connectivity index (χ4v) is 5.90. The molecule has 5 heteroatoms. The zero-order chi connectivity index (χ0) is 23.7. The molecule has 2 aromatic heterocycles. The molecule has 0 radical (unpaired) electrons. The standard InChI is InChI=1S/C29H32N4O/c1-19-17-20(2)31-29-28(19)24(18-30)26(15-16-27(34)32-22-11-4-3-5-12-22)33(29)25-14-8-10-21-9-6-7-13-23(21)25/h6-7,9,13,15-17,22,25H,3-5,8,10-12,14H2,1-2H3,(H,32,34)/b16-15+/t25-/m0/s1. The Kier molecular flexibility index (Phi) is 6.24. The second-order valence-corrected chi connectivity index (χ2v) is 9.80. The number of nitrogens with zero attached hydrogens (tertiary/aromatic N) is 3. The van der Waals surface area contributed by atoms with Crippen LogP contribution >= 0.6 is 0 Å². The minimum atomic E-state index is -0.0856. The number of aromatic nitrogens is 2. The van der Waals surface area contributed by atoms with Gasteiger partial charge >= 0.3 is 0 Å². The summed E-state index contributed by atoms with van der Waals surface area (Å²) in [6, 6.07) is 13.4. The third-order valence-electron chi connectivity index (χ3n) is 7.42. The number of benzene rings is 1. The molecule has 0 spiro atoms. The molecule has 1 fully saturated rings. The van der Waals surface area contributed by atoms with Gasteiger partial charge < -0.3 is 9.88 Å². The number of hydrogen-bond acceptors (Lipinski definition) is 3. The quantitative estimate of drug-likeness (QED) is 0.500. The van der Waals surface area contributed by atoms with Gasteiger partial charge in [0.1, 0.15) is 11.7 Å². The summed E-state index contributed by atoms with van der Waals surface area (Å²) in [5.74, 6) is -0.0856. The maximum absolute atomic E-state index is 12.8. The SMILES string of the molecule is Cc1cc(C)c2c(C#N)c(/C=C/C(=O)NC3CCCCC3)n([C@H]3CCCc4ccccc43)c2n1. The number of nitriles is 1. The molecule has 1 N–H and O–H groups in total. The van der Waals surface area contributed by atoms with Crippen molar-refractivity contribution < 1.29 is 4.79 Å². The molecule has 0 unspecified atom stereocenters. The van der Waals surface area contributed by atoms with Crippen molar-refractivity contribution >= 4 is 23.0 Å². The van der Waals surface area contributed by atoms with Gasteiger partial charge in [-0.25, -0.2) is 4.98 Å². The van der Waals surface area contributed by atoms with E-state index in [1.165, 1.54) is 30.4 Å². The number of nitrogens with one attached hydrogen (secondary N) is 1. The van der Waals surface area contributed by atoms with Crippen LogP contribution in [0.3, 0.4) is 0 Å². The van der Waals surface area contributed by atoms with Crippen LogP contribution in [0.25, 0.3) is 17.1 Å². The molecule has 5 rings (SSSR count). The van der Waals surface area contributed by atoms with Gasteiger partial charge in [0, 0.05) is 23.2 Å². The zero-order valence-electron chi connectivity index (χ0n) is 20.1. The predicted molar refractivity (Wildman–Crippen MR) is 135 cm³/mol. The van der Waals surface area contributed by atoms with E-state index in [1.54, 1.807) is 6.08 Å². The monoisotopic (exact) mass is 452 g/mol. The molecule has 2 aliphatic carbocycles. The molecule has 34 heavy (non-hydrogen) atoms. The summed E-state index contributed by atoms with van der Waals surface area (Å²) >= 11 is 0. The van der Waals surface area contributed by atoms with Gasteiger partial charge in [-0.15, -0.1) is 0 Å². The average molecular weight is 453 g/mol. The summed E-state index contributed by atoms with van der Waals surface area (Å²) in [7, 11) is 0. The molecule has 0 aliphatic heterocycles. The van der Waals surface area contributed by atoms with Gasteiger partial charge in [0.25, 0.3) is 0 Å². The van der Waals surface area contributed by atoms with E-state index >= 15 is 0 Å². The lowest BCUT2D eigenvalue weighted by atomic mass is 9.87. The minimum absolute atomic E-state index is 0.0856. The van der Waals surface area contributed by atoms with Gasteiger partial charge in [-0.3, -0.25) is 4.79 Å². The van der Waals surface area contributed by atoms with Crippen molar-refractivity contribution in [2.45, 2.75) is 77.3 Å². The normalized spacial score (nSPS) is 18.7. The maximum Gasteiger partial charge on any atom is 0.244 e. The van der Waals surface area contributed by atoms with Crippen LogP contribution in [0.2, 0.25) is 0 Å². The largest absolute Gasteiger partial charge is 0.350 e. The molecule has 174 valence electrons. The molecule has 0 bridgehead atoms. The van der Waals surface area contributed by atoms with Crippen molar-refractivity contribution in [3.8, 4) is 6.07 Å². The molecule has 2 heterocycles. The Bertz CT molecular complexity index is 1300. The number of fused-ring (bicyclic) bond motifs is 2. The second kappa shape index (κ2) is 9.46. The highest BCUT2D eigenvalue weighted by atomic mass is 16.1. The van der Waals surface area contributed by atoms with E-state index in [4.69, 9.17) is 4.98 Å². The fraction of sp³-hybridized carbons (Fsp3) is 0.414. The van der Waals surface area contributed by atoms with Crippen molar-refractivity contribution in [3.63, 3.8) is 0 Å². The summed E-state index contributed by atoms with van der Waals surface area (Å²) in [4.78, 5) is 17.7. The molecule has 3 aromatic rings. The predicted octanol–water partition coefficient (Wildman–Crippen LogP) is 5.91. The Morgan fingerprint density at radius 2 is 1.94 bits per heavy atom. The first-order chi connectivity index (χ1) is 16.6. The van der Waals surface area contributed by atoms with Gasteiger partial charge in [0.15, 0.2) is 0 Å². The first-order valence-corrected chi connectivity index (χ1v) is 12.6. The number of rotatable bonds is 4. The second-order valence-electron chi connectivity index (χ2n) is 9.80. The van der Waals surface area contributed by atoms with Crippen LogP contribution in [-0.2, 0) is 11.2 Å². The Hall–Kier alpha value is -3.39. The molecular formula is C29H32N4O. The Morgan fingerprint density at radius 1 is 1.15 bits per heavy atom. The van der Waals surface area contributed by atoms with E-state index in [1.807, 2.05) is 26.0 Å². The van der Waals surface area contributed by atoms with Gasteiger partial charge in [-0.05, 0) is 74.8 Å². The fourth-order valence-electron chi connectivity index (χ4n) is 5.90. The highest BCUT2D eigenvalue weighted by Crippen LogP contribution is 2.39. The van der Waals surface area contributed by atoms with Crippen molar-refractivity contribution in [2.75, 3.05) is 0 Å². The molecule has 2 aliphatic rings. The van der Waals surface area contributed by atoms with Crippen molar-refractivity contribution in [3.05, 3.63) is 70.0 Å². The molecular weight excluding hydrogens is 420 g/mol. The lowest BCUT2D eigenvalue weighted by molar-refractivity contribution is -0.117. The lowest BCUT2D eigenvalue weighted by Crippen LogP contribution is -2.35. The van der Waals surface area contributed by atoms with E-state index in [0.717, 1.165) is 60.1 Å². The van der Waals surface area contributed by atoms with E-state index in [0.29, 0.717) is 5.56 Å². The summed E-state index contributed by atoms with van der Waals surface area (Å²) in [5, 5.41) is 14.3. The Morgan fingerprint density at radius 3 is 2.74 bits per heavy atom. The number of amides is 1. The molecule has 1 saturated carbocycles. The van der Waals surface area contributed by atoms with Gasteiger partial charge in [0.2, 0.25) is 5.91 Å². The van der Waals surface area contributed by atoms with E-state index in [2.05, 4.69) is 40.2 Å². The lowest BCUT2D eigenvalue weighted by Gasteiger charge is -2.28. The van der Waals surface area contributed by atoms with Crippen LogP contribution in [0, 0.1) is 25.2 Å². The number of pyridine rings is 1. The van der Waals surface area contributed by atoms with Crippen molar-refractivity contribution in [2.24, 2.45) is 0 Å². The summed E-state index contributed by atoms with van der Waals surface area (Å²) in [6.07, 6.45) is 12.3. The van der Waals surface area contributed by atoms with Crippen molar-refractivity contribution in [1.82, 2.24) is 14.9 Å². The summed E-state index contributed by atoms with van der Waals surface area (Å²) < 4.78 is 2.22. The van der Waals surface area contributed by atoms with E-state index in [9.17, 15) is 10.1 Å². The van der Waals surface area contributed by atoms with E-state index in [-0.39, 0.29) is 18.0 Å². The van der Waals surface area contributed by atoms with Crippen LogP contribution in [-0.4, -0.2) is 21.5 Å². The third-order valence-corrected chi connectivity index (χ3v) is 7.42. The molecule has 5 nitrogen and oxygen atoms in total. The first-order valence-electron chi connectivity index (χ1n) is 12.6. The number of carbonyl (C=O) groups excluding carboxylic acids is 1. The smallest absolute Gasteiger partial charge is 0.244 e.